The molecule has 1 saturated heterocycles. The van der Waals surface area contributed by atoms with E-state index in [1.54, 1.807) is 13.2 Å². The van der Waals surface area contributed by atoms with E-state index in [4.69, 9.17) is 9.47 Å². The molecule has 0 saturated carbocycles. The molecule has 1 heterocycles. The van der Waals surface area contributed by atoms with Gasteiger partial charge >= 0.3 is 6.09 Å². The highest BCUT2D eigenvalue weighted by atomic mass is 16.6. The van der Waals surface area contributed by atoms with Crippen molar-refractivity contribution in [2.24, 2.45) is 0 Å². The highest BCUT2D eigenvalue weighted by Gasteiger charge is 2.22. The summed E-state index contributed by atoms with van der Waals surface area (Å²) in [6.07, 6.45) is -0.474. The number of ether oxygens (including phenoxy) is 2. The number of amides is 2. The molecule has 6 nitrogen and oxygen atoms in total. The summed E-state index contributed by atoms with van der Waals surface area (Å²) >= 11 is 0. The molecule has 1 aliphatic rings. The Bertz CT molecular complexity index is 475. The van der Waals surface area contributed by atoms with Crippen LogP contribution in [-0.4, -0.2) is 43.6 Å². The van der Waals surface area contributed by atoms with E-state index in [9.17, 15) is 9.59 Å². The Balaban J connectivity index is 1.87. The van der Waals surface area contributed by atoms with E-state index in [-0.39, 0.29) is 19.1 Å². The highest BCUT2D eigenvalue weighted by molar-refractivity contribution is 5.83. The first-order chi connectivity index (χ1) is 9.19. The maximum Gasteiger partial charge on any atom is 0.410 e. The lowest BCUT2D eigenvalue weighted by Gasteiger charge is -2.25. The standard InChI is InChI=1S/C13H16N2O4/c1-18-11-4-2-3-10(7-11)9-19-13(17)15-6-5-14-12(16)8-15/h2-4,7H,5-6,8-9H2,1H3,(H,14,16). The number of nitrogens with one attached hydrogen (secondary N) is 1. The Labute approximate surface area is 111 Å². The largest absolute Gasteiger partial charge is 0.497 e. The summed E-state index contributed by atoms with van der Waals surface area (Å²) in [7, 11) is 1.58. The molecular formula is C13H16N2O4. The van der Waals surface area contributed by atoms with Gasteiger partial charge < -0.3 is 14.8 Å². The predicted molar refractivity (Wildman–Crippen MR) is 67.8 cm³/mol. The van der Waals surface area contributed by atoms with Crippen LogP contribution in [0.2, 0.25) is 0 Å². The predicted octanol–water partition coefficient (Wildman–Crippen LogP) is 0.764. The van der Waals surface area contributed by atoms with Gasteiger partial charge in [0.1, 0.15) is 18.9 Å². The lowest BCUT2D eigenvalue weighted by molar-refractivity contribution is -0.123. The Kier molecular flexibility index (Phi) is 4.22. The molecule has 2 rings (SSSR count). The first-order valence-electron chi connectivity index (χ1n) is 6.00. The molecule has 102 valence electrons. The minimum atomic E-state index is -0.474. The van der Waals surface area contributed by atoms with E-state index in [1.807, 2.05) is 18.2 Å². The normalized spacial score (nSPS) is 14.8. The number of hydrogen-bond donors (Lipinski definition) is 1. The third-order valence-electron chi connectivity index (χ3n) is 2.79. The second-order valence-electron chi connectivity index (χ2n) is 4.18. The molecule has 6 heteroatoms. The molecular weight excluding hydrogens is 248 g/mol. The van der Waals surface area contributed by atoms with Gasteiger partial charge in [0.15, 0.2) is 0 Å². The van der Waals surface area contributed by atoms with Gasteiger partial charge in [0.25, 0.3) is 0 Å². The van der Waals surface area contributed by atoms with Gasteiger partial charge in [0.2, 0.25) is 5.91 Å². The molecule has 0 unspecified atom stereocenters. The second-order valence-corrected chi connectivity index (χ2v) is 4.18. The summed E-state index contributed by atoms with van der Waals surface area (Å²) in [6, 6.07) is 7.30. The van der Waals surface area contributed by atoms with Gasteiger partial charge in [-0.25, -0.2) is 4.79 Å². The van der Waals surface area contributed by atoms with Crippen molar-refractivity contribution in [3.8, 4) is 5.75 Å². The average molecular weight is 264 g/mol. The fourth-order valence-electron chi connectivity index (χ4n) is 1.79. The van der Waals surface area contributed by atoms with Crippen molar-refractivity contribution in [3.05, 3.63) is 29.8 Å². The van der Waals surface area contributed by atoms with Crippen LogP contribution in [0.4, 0.5) is 4.79 Å². The molecule has 0 atom stereocenters. The van der Waals surface area contributed by atoms with Gasteiger partial charge in [-0.15, -0.1) is 0 Å². The van der Waals surface area contributed by atoms with Crippen molar-refractivity contribution in [1.82, 2.24) is 10.2 Å². The summed E-state index contributed by atoms with van der Waals surface area (Å²) in [5, 5.41) is 2.65. The molecule has 1 N–H and O–H groups in total. The minimum Gasteiger partial charge on any atom is -0.497 e. The highest BCUT2D eigenvalue weighted by Crippen LogP contribution is 2.13. The molecule has 1 aliphatic heterocycles. The van der Waals surface area contributed by atoms with Crippen LogP contribution >= 0.6 is 0 Å². The summed E-state index contributed by atoms with van der Waals surface area (Å²) in [5.41, 5.74) is 0.842. The monoisotopic (exact) mass is 264 g/mol. The van der Waals surface area contributed by atoms with Crippen molar-refractivity contribution in [3.63, 3.8) is 0 Å². The third-order valence-corrected chi connectivity index (χ3v) is 2.79. The van der Waals surface area contributed by atoms with Crippen LogP contribution in [0.1, 0.15) is 5.56 Å². The quantitative estimate of drug-likeness (QED) is 0.875. The van der Waals surface area contributed by atoms with Crippen LogP contribution in [0.25, 0.3) is 0 Å². The first-order valence-corrected chi connectivity index (χ1v) is 6.00. The minimum absolute atomic E-state index is 0.0525. The Morgan fingerprint density at radius 1 is 1.47 bits per heavy atom. The number of methoxy groups -OCH3 is 1. The molecule has 1 fully saturated rings. The fraction of sp³-hybridized carbons (Fsp3) is 0.385. The van der Waals surface area contributed by atoms with Gasteiger partial charge in [-0.2, -0.15) is 0 Å². The van der Waals surface area contributed by atoms with Gasteiger partial charge in [-0.1, -0.05) is 12.1 Å². The molecule has 0 aliphatic carbocycles. The number of piperazine rings is 1. The molecule has 0 aromatic heterocycles. The van der Waals surface area contributed by atoms with E-state index in [2.05, 4.69) is 5.32 Å². The number of carbonyl (C=O) groups is 2. The smallest absolute Gasteiger partial charge is 0.410 e. The number of carbonyl (C=O) groups excluding carboxylic acids is 2. The fourth-order valence-corrected chi connectivity index (χ4v) is 1.79. The third kappa shape index (κ3) is 3.61. The Morgan fingerprint density at radius 2 is 2.32 bits per heavy atom. The van der Waals surface area contributed by atoms with Crippen LogP contribution in [0.3, 0.4) is 0 Å². The van der Waals surface area contributed by atoms with Crippen LogP contribution in [0.5, 0.6) is 5.75 Å². The molecule has 0 bridgehead atoms. The van der Waals surface area contributed by atoms with Gasteiger partial charge in [0.05, 0.1) is 7.11 Å². The summed E-state index contributed by atoms with van der Waals surface area (Å²) in [5.74, 6) is 0.551. The van der Waals surface area contributed by atoms with E-state index < -0.39 is 6.09 Å². The average Bonchev–Trinajstić information content (AvgIpc) is 2.45. The molecule has 19 heavy (non-hydrogen) atoms. The van der Waals surface area contributed by atoms with Crippen molar-refractivity contribution in [1.29, 1.82) is 0 Å². The number of nitrogens with zero attached hydrogens (tertiary/aromatic N) is 1. The van der Waals surface area contributed by atoms with Gasteiger partial charge in [-0.3, -0.25) is 9.69 Å². The maximum absolute atomic E-state index is 11.8. The summed E-state index contributed by atoms with van der Waals surface area (Å²) < 4.78 is 10.3. The van der Waals surface area contributed by atoms with Crippen LogP contribution in [0, 0.1) is 0 Å². The number of rotatable bonds is 3. The first kappa shape index (κ1) is 13.2. The van der Waals surface area contributed by atoms with Gasteiger partial charge in [-0.05, 0) is 17.7 Å². The zero-order valence-corrected chi connectivity index (χ0v) is 10.7. The Hall–Kier alpha value is -2.24. The molecule has 2 amide bonds. The van der Waals surface area contributed by atoms with Crippen molar-refractivity contribution < 1.29 is 19.1 Å². The number of hydrogen-bond acceptors (Lipinski definition) is 4. The lowest BCUT2D eigenvalue weighted by atomic mass is 10.2. The lowest BCUT2D eigenvalue weighted by Crippen LogP contribution is -2.50. The summed E-state index contributed by atoms with van der Waals surface area (Å²) in [4.78, 5) is 24.3. The second kappa shape index (κ2) is 6.08. The van der Waals surface area contributed by atoms with Crippen molar-refractivity contribution in [2.45, 2.75) is 6.61 Å². The van der Waals surface area contributed by atoms with E-state index in [1.165, 1.54) is 4.90 Å². The Morgan fingerprint density at radius 3 is 3.05 bits per heavy atom. The molecule has 1 aromatic carbocycles. The SMILES string of the molecule is COc1cccc(COC(=O)N2CCNC(=O)C2)c1. The molecule has 1 aromatic rings. The zero-order valence-electron chi connectivity index (χ0n) is 10.7. The zero-order chi connectivity index (χ0) is 13.7. The molecule has 0 radical (unpaired) electrons. The van der Waals surface area contributed by atoms with E-state index >= 15 is 0 Å². The van der Waals surface area contributed by atoms with E-state index in [0.717, 1.165) is 5.56 Å². The van der Waals surface area contributed by atoms with Crippen molar-refractivity contribution >= 4 is 12.0 Å². The van der Waals surface area contributed by atoms with E-state index in [0.29, 0.717) is 18.8 Å². The molecule has 0 spiro atoms. The van der Waals surface area contributed by atoms with Crippen molar-refractivity contribution in [2.75, 3.05) is 26.7 Å². The van der Waals surface area contributed by atoms with Crippen LogP contribution in [-0.2, 0) is 16.1 Å². The topological polar surface area (TPSA) is 67.9 Å². The summed E-state index contributed by atoms with van der Waals surface area (Å²) in [6.45, 7) is 1.15. The van der Waals surface area contributed by atoms with Crippen LogP contribution < -0.4 is 10.1 Å². The van der Waals surface area contributed by atoms with Crippen LogP contribution in [0.15, 0.2) is 24.3 Å². The number of benzene rings is 1. The van der Waals surface area contributed by atoms with Gasteiger partial charge in [0, 0.05) is 13.1 Å². The maximum atomic E-state index is 11.8.